The first-order valence-electron chi connectivity index (χ1n) is 6.86. The number of rotatable bonds is 2. The van der Waals surface area contributed by atoms with Crippen LogP contribution in [0.2, 0.25) is 0 Å². The van der Waals surface area contributed by atoms with E-state index in [9.17, 15) is 14.4 Å². The minimum absolute atomic E-state index is 0.222. The molecule has 1 aromatic rings. The molecule has 1 aliphatic heterocycles. The molecule has 7 nitrogen and oxygen atoms in total. The Hall–Kier alpha value is -2.28. The lowest BCUT2D eigenvalue weighted by molar-refractivity contribution is -0.141. The molecule has 0 aliphatic carbocycles. The number of aryl methyl sites for hydroxylation is 1. The van der Waals surface area contributed by atoms with E-state index in [1.54, 1.807) is 12.1 Å². The number of carbonyl (C=O) groups excluding carboxylic acids is 3. The van der Waals surface area contributed by atoms with Gasteiger partial charge in [-0.05, 0) is 50.6 Å². The Morgan fingerprint density at radius 1 is 1.24 bits per heavy atom. The lowest BCUT2D eigenvalue weighted by atomic mass is 9.97. The number of anilines is 1. The highest BCUT2D eigenvalue weighted by molar-refractivity contribution is 6.41. The summed E-state index contributed by atoms with van der Waals surface area (Å²) in [5.41, 5.74) is 0.909. The quantitative estimate of drug-likeness (QED) is 0.664. The number of carbonyl (C=O) groups is 3. The van der Waals surface area contributed by atoms with Crippen LogP contribution in [0.4, 0.5) is 5.82 Å². The minimum atomic E-state index is -0.957. The van der Waals surface area contributed by atoms with E-state index in [-0.39, 0.29) is 11.7 Å². The van der Waals surface area contributed by atoms with E-state index in [2.05, 4.69) is 20.9 Å². The van der Waals surface area contributed by atoms with Gasteiger partial charge in [-0.2, -0.15) is 0 Å². The summed E-state index contributed by atoms with van der Waals surface area (Å²) in [6, 6.07) is 3.41. The summed E-state index contributed by atoms with van der Waals surface area (Å²) in [5.74, 6) is -2.18. The zero-order valence-corrected chi connectivity index (χ0v) is 11.8. The van der Waals surface area contributed by atoms with Crippen LogP contribution >= 0.6 is 0 Å². The second-order valence-electron chi connectivity index (χ2n) is 5.02. The fourth-order valence-corrected chi connectivity index (χ4v) is 2.13. The number of aromatic nitrogens is 1. The molecule has 0 bridgehead atoms. The van der Waals surface area contributed by atoms with E-state index in [1.807, 2.05) is 6.92 Å². The first-order chi connectivity index (χ1) is 10.1. The molecule has 1 saturated heterocycles. The SMILES string of the molecule is Cc1ccnc(NC(=O)C(=O)NC(=O)C2CCNCC2)c1. The van der Waals surface area contributed by atoms with Crippen molar-refractivity contribution in [3.63, 3.8) is 0 Å². The smallest absolute Gasteiger partial charge is 0.316 e. The Kier molecular flexibility index (Phi) is 4.99. The standard InChI is InChI=1S/C14H18N4O3/c1-9-2-7-16-11(8-9)17-13(20)14(21)18-12(19)10-3-5-15-6-4-10/h2,7-8,10,15H,3-6H2,1H3,(H,16,17,20)(H,18,19,21). The highest BCUT2D eigenvalue weighted by atomic mass is 16.2. The van der Waals surface area contributed by atoms with E-state index in [0.29, 0.717) is 12.8 Å². The fraction of sp³-hybridized carbons (Fsp3) is 0.429. The van der Waals surface area contributed by atoms with E-state index in [4.69, 9.17) is 0 Å². The van der Waals surface area contributed by atoms with Crippen LogP contribution in [0.15, 0.2) is 18.3 Å². The highest BCUT2D eigenvalue weighted by Crippen LogP contribution is 2.11. The van der Waals surface area contributed by atoms with Crippen LogP contribution in [0.5, 0.6) is 0 Å². The summed E-state index contributed by atoms with van der Waals surface area (Å²) in [6.07, 6.45) is 2.86. The Labute approximate surface area is 122 Å². The van der Waals surface area contributed by atoms with E-state index >= 15 is 0 Å². The summed E-state index contributed by atoms with van der Waals surface area (Å²) in [5, 5.41) is 7.63. The van der Waals surface area contributed by atoms with Crippen molar-refractivity contribution >= 4 is 23.5 Å². The van der Waals surface area contributed by atoms with Crippen molar-refractivity contribution in [1.82, 2.24) is 15.6 Å². The van der Waals surface area contributed by atoms with Gasteiger partial charge >= 0.3 is 11.8 Å². The maximum atomic E-state index is 11.9. The number of amides is 3. The van der Waals surface area contributed by atoms with Crippen molar-refractivity contribution in [3.05, 3.63) is 23.9 Å². The number of nitrogens with one attached hydrogen (secondary N) is 3. The van der Waals surface area contributed by atoms with Gasteiger partial charge in [-0.25, -0.2) is 4.98 Å². The monoisotopic (exact) mass is 290 g/mol. The van der Waals surface area contributed by atoms with Crippen LogP contribution in [-0.2, 0) is 14.4 Å². The van der Waals surface area contributed by atoms with Crippen molar-refractivity contribution in [1.29, 1.82) is 0 Å². The van der Waals surface area contributed by atoms with Gasteiger partial charge in [0.05, 0.1) is 0 Å². The maximum Gasteiger partial charge on any atom is 0.316 e. The molecule has 2 rings (SSSR count). The molecular formula is C14H18N4O3. The average molecular weight is 290 g/mol. The second-order valence-corrected chi connectivity index (χ2v) is 5.02. The summed E-state index contributed by atoms with van der Waals surface area (Å²) >= 11 is 0. The van der Waals surface area contributed by atoms with Gasteiger partial charge in [0.2, 0.25) is 5.91 Å². The lowest BCUT2D eigenvalue weighted by Gasteiger charge is -2.21. The average Bonchev–Trinajstić information content (AvgIpc) is 2.48. The number of hydrogen-bond acceptors (Lipinski definition) is 5. The molecular weight excluding hydrogens is 272 g/mol. The molecule has 7 heteroatoms. The molecule has 2 heterocycles. The predicted octanol–water partition coefficient (Wildman–Crippen LogP) is -0.0291. The Morgan fingerprint density at radius 2 is 1.95 bits per heavy atom. The summed E-state index contributed by atoms with van der Waals surface area (Å²) < 4.78 is 0. The van der Waals surface area contributed by atoms with Crippen LogP contribution < -0.4 is 16.0 Å². The van der Waals surface area contributed by atoms with Crippen LogP contribution in [0, 0.1) is 12.8 Å². The van der Waals surface area contributed by atoms with Gasteiger partial charge in [-0.15, -0.1) is 0 Å². The van der Waals surface area contributed by atoms with Gasteiger partial charge in [0.15, 0.2) is 0 Å². The van der Waals surface area contributed by atoms with E-state index < -0.39 is 17.7 Å². The van der Waals surface area contributed by atoms with Gasteiger partial charge in [-0.3, -0.25) is 19.7 Å². The summed E-state index contributed by atoms with van der Waals surface area (Å²) in [7, 11) is 0. The fourth-order valence-electron chi connectivity index (χ4n) is 2.13. The van der Waals surface area contributed by atoms with Crippen LogP contribution in [0.1, 0.15) is 18.4 Å². The molecule has 0 unspecified atom stereocenters. The number of nitrogens with zero attached hydrogens (tertiary/aromatic N) is 1. The van der Waals surface area contributed by atoms with Gasteiger partial charge in [0, 0.05) is 12.1 Å². The largest absolute Gasteiger partial charge is 0.317 e. The van der Waals surface area contributed by atoms with Crippen LogP contribution in [-0.4, -0.2) is 35.8 Å². The van der Waals surface area contributed by atoms with Crippen LogP contribution in [0.25, 0.3) is 0 Å². The van der Waals surface area contributed by atoms with Crippen LogP contribution in [0.3, 0.4) is 0 Å². The Balaban J connectivity index is 1.87. The van der Waals surface area contributed by atoms with Gasteiger partial charge in [-0.1, -0.05) is 0 Å². The summed E-state index contributed by atoms with van der Waals surface area (Å²) in [4.78, 5) is 39.2. The molecule has 0 aromatic carbocycles. The number of imide groups is 1. The molecule has 1 aliphatic rings. The number of piperidine rings is 1. The summed E-state index contributed by atoms with van der Waals surface area (Å²) in [6.45, 7) is 3.33. The number of hydrogen-bond donors (Lipinski definition) is 3. The normalized spacial score (nSPS) is 15.3. The first kappa shape index (κ1) is 15.1. The minimum Gasteiger partial charge on any atom is -0.317 e. The van der Waals surface area contributed by atoms with Gasteiger partial charge in [0.25, 0.3) is 0 Å². The second kappa shape index (κ2) is 6.94. The predicted molar refractivity (Wildman–Crippen MR) is 76.3 cm³/mol. The zero-order chi connectivity index (χ0) is 15.2. The molecule has 21 heavy (non-hydrogen) atoms. The Bertz CT molecular complexity index is 553. The number of pyridine rings is 1. The molecule has 112 valence electrons. The van der Waals surface area contributed by atoms with Gasteiger partial charge < -0.3 is 10.6 Å². The molecule has 0 atom stereocenters. The molecule has 1 aromatic heterocycles. The third kappa shape index (κ3) is 4.35. The highest BCUT2D eigenvalue weighted by Gasteiger charge is 2.25. The topological polar surface area (TPSA) is 100 Å². The maximum absolute atomic E-state index is 11.9. The van der Waals surface area contributed by atoms with E-state index in [0.717, 1.165) is 18.7 Å². The molecule has 3 N–H and O–H groups in total. The van der Waals surface area contributed by atoms with Crippen molar-refractivity contribution in [3.8, 4) is 0 Å². The lowest BCUT2D eigenvalue weighted by Crippen LogP contribution is -2.44. The third-order valence-electron chi connectivity index (χ3n) is 3.31. The molecule has 0 spiro atoms. The van der Waals surface area contributed by atoms with Gasteiger partial charge in [0.1, 0.15) is 5.82 Å². The molecule has 1 fully saturated rings. The third-order valence-corrected chi connectivity index (χ3v) is 3.31. The molecule has 0 radical (unpaired) electrons. The first-order valence-corrected chi connectivity index (χ1v) is 6.86. The van der Waals surface area contributed by atoms with E-state index in [1.165, 1.54) is 6.20 Å². The Morgan fingerprint density at radius 3 is 2.62 bits per heavy atom. The van der Waals surface area contributed by atoms with Crippen molar-refractivity contribution in [2.45, 2.75) is 19.8 Å². The zero-order valence-electron chi connectivity index (χ0n) is 11.8. The van der Waals surface area contributed by atoms with Crippen molar-refractivity contribution < 1.29 is 14.4 Å². The van der Waals surface area contributed by atoms with Crippen molar-refractivity contribution in [2.75, 3.05) is 18.4 Å². The molecule has 3 amide bonds. The van der Waals surface area contributed by atoms with Crippen molar-refractivity contribution in [2.24, 2.45) is 5.92 Å². The molecule has 0 saturated carbocycles.